The highest BCUT2D eigenvalue weighted by atomic mass is 16.5. The molecule has 1 heterocycles. The lowest BCUT2D eigenvalue weighted by Crippen LogP contribution is -2.43. The van der Waals surface area contributed by atoms with Crippen LogP contribution in [0.4, 0.5) is 0 Å². The molecule has 1 aliphatic rings. The van der Waals surface area contributed by atoms with Gasteiger partial charge in [0.1, 0.15) is 5.75 Å². The van der Waals surface area contributed by atoms with Gasteiger partial charge in [-0.05, 0) is 42.9 Å². The van der Waals surface area contributed by atoms with E-state index in [9.17, 15) is 4.79 Å². The number of rotatable bonds is 7. The summed E-state index contributed by atoms with van der Waals surface area (Å²) in [6.45, 7) is 9.36. The molecule has 1 amide bonds. The second-order valence-electron chi connectivity index (χ2n) is 7.63. The van der Waals surface area contributed by atoms with Crippen molar-refractivity contribution in [3.8, 4) is 5.75 Å². The molecule has 140 valence electrons. The van der Waals surface area contributed by atoms with E-state index in [0.717, 1.165) is 43.7 Å². The van der Waals surface area contributed by atoms with Crippen molar-refractivity contribution in [1.82, 2.24) is 4.90 Å². The van der Waals surface area contributed by atoms with Gasteiger partial charge in [0, 0.05) is 19.7 Å². The Morgan fingerprint density at radius 3 is 2.56 bits per heavy atom. The van der Waals surface area contributed by atoms with Gasteiger partial charge in [0.25, 0.3) is 5.91 Å². The number of benzene rings is 1. The molecule has 25 heavy (non-hydrogen) atoms. The van der Waals surface area contributed by atoms with Crippen LogP contribution < -0.4 is 10.5 Å². The van der Waals surface area contributed by atoms with Gasteiger partial charge in [-0.1, -0.05) is 39.0 Å². The molecule has 0 aliphatic carbocycles. The normalized spacial score (nSPS) is 16.1. The summed E-state index contributed by atoms with van der Waals surface area (Å²) in [5, 5.41) is 0. The van der Waals surface area contributed by atoms with Gasteiger partial charge in [-0.2, -0.15) is 0 Å². The van der Waals surface area contributed by atoms with Crippen molar-refractivity contribution in [2.45, 2.75) is 51.6 Å². The minimum atomic E-state index is -0.0150. The van der Waals surface area contributed by atoms with E-state index >= 15 is 0 Å². The molecule has 0 spiro atoms. The lowest BCUT2D eigenvalue weighted by atomic mass is 9.86. The summed E-state index contributed by atoms with van der Waals surface area (Å²) in [7, 11) is 0. The minimum absolute atomic E-state index is 0.0150. The summed E-state index contributed by atoms with van der Waals surface area (Å²) in [6, 6.07) is 7.94. The van der Waals surface area contributed by atoms with Gasteiger partial charge in [-0.15, -0.1) is 0 Å². The van der Waals surface area contributed by atoms with Crippen LogP contribution in [0.5, 0.6) is 5.75 Å². The van der Waals surface area contributed by atoms with Crippen molar-refractivity contribution >= 4 is 5.91 Å². The molecule has 0 unspecified atom stereocenters. The molecule has 2 N–H and O–H groups in total. The Morgan fingerprint density at radius 2 is 1.92 bits per heavy atom. The Bertz CT molecular complexity index is 546. The van der Waals surface area contributed by atoms with Crippen LogP contribution in [0.15, 0.2) is 24.3 Å². The Kier molecular flexibility index (Phi) is 7.26. The van der Waals surface area contributed by atoms with Crippen molar-refractivity contribution in [2.75, 3.05) is 32.8 Å². The lowest BCUT2D eigenvalue weighted by molar-refractivity contribution is -0.136. The smallest absolute Gasteiger partial charge is 0.260 e. The van der Waals surface area contributed by atoms with E-state index in [4.69, 9.17) is 15.2 Å². The fourth-order valence-corrected chi connectivity index (χ4v) is 3.05. The molecular formula is C20H32N2O3. The summed E-state index contributed by atoms with van der Waals surface area (Å²) < 4.78 is 11.6. The predicted octanol–water partition coefficient (Wildman–Crippen LogP) is 2.72. The Hall–Kier alpha value is -1.59. The maximum Gasteiger partial charge on any atom is 0.260 e. The lowest BCUT2D eigenvalue weighted by Gasteiger charge is -2.32. The molecule has 1 fully saturated rings. The first-order valence-electron chi connectivity index (χ1n) is 9.23. The van der Waals surface area contributed by atoms with E-state index in [1.54, 1.807) is 0 Å². The number of amides is 1. The van der Waals surface area contributed by atoms with Crippen molar-refractivity contribution in [1.29, 1.82) is 0 Å². The first kappa shape index (κ1) is 19.7. The molecule has 1 aromatic rings. The first-order valence-corrected chi connectivity index (χ1v) is 9.23. The molecule has 1 saturated heterocycles. The average Bonchev–Trinajstić information content (AvgIpc) is 2.60. The third-order valence-corrected chi connectivity index (χ3v) is 4.54. The zero-order valence-electron chi connectivity index (χ0n) is 15.8. The van der Waals surface area contributed by atoms with E-state index in [-0.39, 0.29) is 24.0 Å². The molecule has 5 heteroatoms. The highest BCUT2D eigenvalue weighted by Crippen LogP contribution is 2.31. The third kappa shape index (κ3) is 6.01. The van der Waals surface area contributed by atoms with Crippen LogP contribution in [0.1, 0.15) is 45.6 Å². The highest BCUT2D eigenvalue weighted by Gasteiger charge is 2.24. The monoisotopic (exact) mass is 348 g/mol. The predicted molar refractivity (Wildman–Crippen MR) is 99.9 cm³/mol. The molecule has 1 aromatic carbocycles. The van der Waals surface area contributed by atoms with Crippen molar-refractivity contribution in [2.24, 2.45) is 5.73 Å². The SMILES string of the molecule is CC(C)(C)c1ccccc1OCC(=O)N1CCC(OCCCN)CC1. The number of nitrogens with zero attached hydrogens (tertiary/aromatic N) is 1. The summed E-state index contributed by atoms with van der Waals surface area (Å²) in [4.78, 5) is 14.3. The van der Waals surface area contributed by atoms with Gasteiger partial charge < -0.3 is 20.1 Å². The van der Waals surface area contributed by atoms with Crippen LogP contribution in [-0.4, -0.2) is 49.8 Å². The summed E-state index contributed by atoms with van der Waals surface area (Å²) in [5.74, 6) is 0.840. The van der Waals surface area contributed by atoms with Crippen LogP contribution in [0.3, 0.4) is 0 Å². The van der Waals surface area contributed by atoms with Gasteiger partial charge in [-0.3, -0.25) is 4.79 Å². The van der Waals surface area contributed by atoms with Crippen LogP contribution in [0.2, 0.25) is 0 Å². The number of nitrogens with two attached hydrogens (primary N) is 1. The Morgan fingerprint density at radius 1 is 1.24 bits per heavy atom. The van der Waals surface area contributed by atoms with Crippen LogP contribution in [0.25, 0.3) is 0 Å². The average molecular weight is 348 g/mol. The standard InChI is InChI=1S/C20H32N2O3/c1-20(2,3)17-7-4-5-8-18(17)25-15-19(23)22-12-9-16(10-13-22)24-14-6-11-21/h4-5,7-8,16H,6,9-15,21H2,1-3H3. The van der Waals surface area contributed by atoms with Crippen molar-refractivity contribution in [3.63, 3.8) is 0 Å². The molecule has 2 rings (SSSR count). The molecule has 5 nitrogen and oxygen atoms in total. The zero-order valence-corrected chi connectivity index (χ0v) is 15.8. The first-order chi connectivity index (χ1) is 11.9. The third-order valence-electron chi connectivity index (χ3n) is 4.54. The Balaban J connectivity index is 1.80. The van der Waals surface area contributed by atoms with E-state index < -0.39 is 0 Å². The minimum Gasteiger partial charge on any atom is -0.483 e. The van der Waals surface area contributed by atoms with E-state index in [2.05, 4.69) is 26.8 Å². The number of ether oxygens (including phenoxy) is 2. The number of para-hydroxylation sites is 1. The van der Waals surface area contributed by atoms with E-state index in [1.807, 2.05) is 23.1 Å². The molecule has 0 atom stereocenters. The fraction of sp³-hybridized carbons (Fsp3) is 0.650. The van der Waals surface area contributed by atoms with Gasteiger partial charge in [0.15, 0.2) is 6.61 Å². The van der Waals surface area contributed by atoms with Gasteiger partial charge >= 0.3 is 0 Å². The zero-order chi connectivity index (χ0) is 18.3. The molecule has 0 aromatic heterocycles. The number of hydrogen-bond donors (Lipinski definition) is 1. The largest absolute Gasteiger partial charge is 0.483 e. The topological polar surface area (TPSA) is 64.8 Å². The molecular weight excluding hydrogens is 316 g/mol. The van der Waals surface area contributed by atoms with Gasteiger partial charge in [-0.25, -0.2) is 0 Å². The van der Waals surface area contributed by atoms with Gasteiger partial charge in [0.2, 0.25) is 0 Å². The van der Waals surface area contributed by atoms with Crippen molar-refractivity contribution in [3.05, 3.63) is 29.8 Å². The quantitative estimate of drug-likeness (QED) is 0.770. The van der Waals surface area contributed by atoms with Crippen LogP contribution >= 0.6 is 0 Å². The van der Waals surface area contributed by atoms with Crippen LogP contribution in [0, 0.1) is 0 Å². The second-order valence-corrected chi connectivity index (χ2v) is 7.63. The van der Waals surface area contributed by atoms with Crippen LogP contribution in [-0.2, 0) is 14.9 Å². The van der Waals surface area contributed by atoms with Gasteiger partial charge in [0.05, 0.1) is 6.10 Å². The van der Waals surface area contributed by atoms with Crippen molar-refractivity contribution < 1.29 is 14.3 Å². The number of piperidine rings is 1. The fourth-order valence-electron chi connectivity index (χ4n) is 3.05. The summed E-state index contributed by atoms with van der Waals surface area (Å²) >= 11 is 0. The molecule has 0 bridgehead atoms. The van der Waals surface area contributed by atoms with E-state index in [1.165, 1.54) is 0 Å². The maximum absolute atomic E-state index is 12.4. The highest BCUT2D eigenvalue weighted by molar-refractivity contribution is 5.78. The number of carbonyl (C=O) groups excluding carboxylic acids is 1. The number of hydrogen-bond acceptors (Lipinski definition) is 4. The molecule has 0 radical (unpaired) electrons. The second kappa shape index (κ2) is 9.20. The molecule has 0 saturated carbocycles. The number of likely N-dealkylation sites (tertiary alicyclic amines) is 1. The van der Waals surface area contributed by atoms with E-state index in [0.29, 0.717) is 13.2 Å². The maximum atomic E-state index is 12.4. The number of carbonyl (C=O) groups is 1. The summed E-state index contributed by atoms with van der Waals surface area (Å²) in [6.07, 6.45) is 2.90. The summed E-state index contributed by atoms with van der Waals surface area (Å²) in [5.41, 5.74) is 6.58. The Labute approximate surface area is 151 Å². The molecule has 1 aliphatic heterocycles.